The first-order valence-electron chi connectivity index (χ1n) is 7.21. The fraction of sp³-hybridized carbons (Fsp3) is 0.400. The maximum atomic E-state index is 12.1. The number of hydrogen-bond donors (Lipinski definition) is 0. The van der Waals surface area contributed by atoms with Crippen molar-refractivity contribution < 1.29 is 9.53 Å². The Kier molecular flexibility index (Phi) is 3.59. The van der Waals surface area contributed by atoms with Crippen LogP contribution in [0.25, 0.3) is 5.70 Å². The smallest absolute Gasteiger partial charge is 0.358 e. The van der Waals surface area contributed by atoms with E-state index in [4.69, 9.17) is 4.74 Å². The van der Waals surface area contributed by atoms with Gasteiger partial charge < -0.3 is 9.64 Å². The largest absolute Gasteiger partial charge is 0.464 e. The van der Waals surface area contributed by atoms with Crippen molar-refractivity contribution >= 4 is 11.7 Å². The predicted molar refractivity (Wildman–Crippen MR) is 81.8 cm³/mol. The summed E-state index contributed by atoms with van der Waals surface area (Å²) in [7, 11) is 1.33. The fourth-order valence-corrected chi connectivity index (χ4v) is 2.56. The Balaban J connectivity index is 2.20. The average molecular weight is 314 g/mol. The van der Waals surface area contributed by atoms with E-state index >= 15 is 0 Å². The van der Waals surface area contributed by atoms with E-state index in [0.29, 0.717) is 5.82 Å². The zero-order chi connectivity index (χ0) is 16.6. The van der Waals surface area contributed by atoms with Gasteiger partial charge in [0.05, 0.1) is 12.8 Å². The maximum absolute atomic E-state index is 12.1. The molecular weight excluding hydrogens is 296 g/mol. The summed E-state index contributed by atoms with van der Waals surface area (Å²) in [5, 5.41) is 11.8. The van der Waals surface area contributed by atoms with Crippen LogP contribution in [0.3, 0.4) is 0 Å². The Morgan fingerprint density at radius 1 is 1.30 bits per heavy atom. The summed E-state index contributed by atoms with van der Waals surface area (Å²) in [4.78, 5) is 18.6. The van der Waals surface area contributed by atoms with Gasteiger partial charge in [-0.15, -0.1) is 5.10 Å². The van der Waals surface area contributed by atoms with Crippen LogP contribution in [0.5, 0.6) is 0 Å². The van der Waals surface area contributed by atoms with Crippen molar-refractivity contribution in [1.29, 1.82) is 0 Å². The number of esters is 1. The Bertz CT molecular complexity index is 747. The summed E-state index contributed by atoms with van der Waals surface area (Å²) >= 11 is 0. The molecule has 0 saturated carbocycles. The van der Waals surface area contributed by atoms with Crippen LogP contribution in [0.2, 0.25) is 0 Å². The van der Waals surface area contributed by atoms with Crippen LogP contribution in [-0.2, 0) is 9.53 Å². The molecule has 0 N–H and O–H groups in total. The van der Waals surface area contributed by atoms with Crippen LogP contribution in [0.15, 0.2) is 30.6 Å². The molecule has 3 heterocycles. The highest BCUT2D eigenvalue weighted by Gasteiger charge is 2.39. The third kappa shape index (κ3) is 2.56. The molecule has 0 amide bonds. The Morgan fingerprint density at radius 2 is 2.09 bits per heavy atom. The third-order valence-electron chi connectivity index (χ3n) is 3.64. The molecule has 0 spiro atoms. The molecule has 0 fully saturated rings. The Morgan fingerprint density at radius 3 is 2.70 bits per heavy atom. The molecule has 120 valence electrons. The molecule has 3 rings (SSSR count). The molecule has 1 aliphatic rings. The molecule has 0 aliphatic carbocycles. The van der Waals surface area contributed by atoms with Crippen LogP contribution in [0.1, 0.15) is 38.3 Å². The molecule has 1 atom stereocenters. The Hall–Kier alpha value is -2.77. The number of hydrogen-bond acceptors (Lipinski definition) is 7. The molecular formula is C15H18N6O2. The standard InChI is InChI=1S/C15H18N6O2/c1-15(2,3)20-9-11(14(22)23-4)21-13(17-18-19-21)12(20)10-7-5-6-8-16-10/h5-9,12H,1-4H3. The molecule has 0 saturated heterocycles. The van der Waals surface area contributed by atoms with Crippen molar-refractivity contribution in [1.82, 2.24) is 30.1 Å². The number of pyridine rings is 1. The zero-order valence-electron chi connectivity index (χ0n) is 13.5. The molecule has 0 aromatic carbocycles. The van der Waals surface area contributed by atoms with Gasteiger partial charge in [0.2, 0.25) is 0 Å². The second-order valence-electron chi connectivity index (χ2n) is 6.19. The van der Waals surface area contributed by atoms with Gasteiger partial charge in [-0.25, -0.2) is 4.79 Å². The number of nitrogens with zero attached hydrogens (tertiary/aromatic N) is 6. The number of ether oxygens (including phenoxy) is 1. The highest BCUT2D eigenvalue weighted by molar-refractivity contribution is 6.09. The van der Waals surface area contributed by atoms with Gasteiger partial charge in [0, 0.05) is 17.9 Å². The molecule has 23 heavy (non-hydrogen) atoms. The molecule has 1 aliphatic heterocycles. The van der Waals surface area contributed by atoms with E-state index in [9.17, 15) is 4.79 Å². The summed E-state index contributed by atoms with van der Waals surface area (Å²) in [6.45, 7) is 6.15. The minimum absolute atomic E-state index is 0.273. The third-order valence-corrected chi connectivity index (χ3v) is 3.64. The van der Waals surface area contributed by atoms with Crippen LogP contribution < -0.4 is 0 Å². The van der Waals surface area contributed by atoms with Gasteiger partial charge in [-0.05, 0) is 43.3 Å². The lowest BCUT2D eigenvalue weighted by molar-refractivity contribution is -0.134. The van der Waals surface area contributed by atoms with Gasteiger partial charge in [0.25, 0.3) is 0 Å². The number of carbonyl (C=O) groups excluding carboxylic acids is 1. The molecule has 0 bridgehead atoms. The first-order chi connectivity index (χ1) is 10.9. The van der Waals surface area contributed by atoms with Crippen molar-refractivity contribution in [3.8, 4) is 0 Å². The summed E-state index contributed by atoms with van der Waals surface area (Å²) in [5.41, 5.74) is 0.798. The molecule has 8 heteroatoms. The van der Waals surface area contributed by atoms with Crippen LogP contribution in [-0.4, -0.2) is 48.7 Å². The van der Waals surface area contributed by atoms with E-state index in [1.54, 1.807) is 12.4 Å². The molecule has 2 aromatic heterocycles. The van der Waals surface area contributed by atoms with E-state index in [1.165, 1.54) is 11.8 Å². The molecule has 1 unspecified atom stereocenters. The van der Waals surface area contributed by atoms with Gasteiger partial charge in [-0.2, -0.15) is 4.68 Å². The van der Waals surface area contributed by atoms with E-state index < -0.39 is 5.97 Å². The van der Waals surface area contributed by atoms with Gasteiger partial charge in [-0.1, -0.05) is 6.07 Å². The number of carbonyl (C=O) groups is 1. The van der Waals surface area contributed by atoms with Gasteiger partial charge in [0.1, 0.15) is 6.04 Å². The molecule has 8 nitrogen and oxygen atoms in total. The van der Waals surface area contributed by atoms with Gasteiger partial charge in [-0.3, -0.25) is 4.98 Å². The predicted octanol–water partition coefficient (Wildman–Crippen LogP) is 1.24. The minimum atomic E-state index is -0.493. The summed E-state index contributed by atoms with van der Waals surface area (Å²) in [5.74, 6) is 0.0359. The van der Waals surface area contributed by atoms with Crippen LogP contribution in [0, 0.1) is 0 Å². The highest BCUT2D eigenvalue weighted by Crippen LogP contribution is 2.37. The Labute approximate surface area is 133 Å². The van der Waals surface area contributed by atoms with Gasteiger partial charge >= 0.3 is 5.97 Å². The SMILES string of the molecule is COC(=O)C1=CN(C(C)(C)C)C(c2ccccn2)c2nnnn21. The number of aromatic nitrogens is 5. The molecule has 2 aromatic rings. The maximum Gasteiger partial charge on any atom is 0.358 e. The minimum Gasteiger partial charge on any atom is -0.464 e. The van der Waals surface area contributed by atoms with Crippen molar-refractivity contribution in [2.24, 2.45) is 0 Å². The highest BCUT2D eigenvalue weighted by atomic mass is 16.5. The van der Waals surface area contributed by atoms with Crippen LogP contribution in [0.4, 0.5) is 0 Å². The number of fused-ring (bicyclic) bond motifs is 1. The van der Waals surface area contributed by atoms with Crippen molar-refractivity contribution in [3.05, 3.63) is 42.1 Å². The van der Waals surface area contributed by atoms with Gasteiger partial charge in [0.15, 0.2) is 11.5 Å². The fourth-order valence-electron chi connectivity index (χ4n) is 2.56. The van der Waals surface area contributed by atoms with E-state index in [1.807, 2.05) is 43.9 Å². The van der Waals surface area contributed by atoms with Crippen molar-refractivity contribution in [2.75, 3.05) is 7.11 Å². The number of rotatable bonds is 2. The second kappa shape index (κ2) is 5.45. The summed E-state index contributed by atoms with van der Waals surface area (Å²) in [6.07, 6.45) is 3.46. The zero-order valence-corrected chi connectivity index (χ0v) is 13.5. The average Bonchev–Trinajstić information content (AvgIpc) is 3.01. The van der Waals surface area contributed by atoms with E-state index in [-0.39, 0.29) is 17.3 Å². The normalized spacial score (nSPS) is 17.5. The van der Waals surface area contributed by atoms with E-state index in [0.717, 1.165) is 5.69 Å². The quantitative estimate of drug-likeness (QED) is 0.771. The monoisotopic (exact) mass is 314 g/mol. The second-order valence-corrected chi connectivity index (χ2v) is 6.19. The number of methoxy groups -OCH3 is 1. The lowest BCUT2D eigenvalue weighted by Crippen LogP contribution is -2.45. The van der Waals surface area contributed by atoms with Crippen molar-refractivity contribution in [2.45, 2.75) is 32.4 Å². The topological polar surface area (TPSA) is 86.0 Å². The lowest BCUT2D eigenvalue weighted by Gasteiger charge is -2.42. The first-order valence-corrected chi connectivity index (χ1v) is 7.21. The summed E-state index contributed by atoms with van der Waals surface area (Å²) < 4.78 is 6.26. The number of tetrazole rings is 1. The van der Waals surface area contributed by atoms with Crippen LogP contribution >= 0.6 is 0 Å². The lowest BCUT2D eigenvalue weighted by atomic mass is 9.99. The first kappa shape index (κ1) is 15.1. The summed E-state index contributed by atoms with van der Waals surface area (Å²) in [6, 6.07) is 5.39. The van der Waals surface area contributed by atoms with Crippen molar-refractivity contribution in [3.63, 3.8) is 0 Å². The van der Waals surface area contributed by atoms with E-state index in [2.05, 4.69) is 20.5 Å². The molecule has 0 radical (unpaired) electrons.